The Morgan fingerprint density at radius 2 is 1.44 bits per heavy atom. The predicted molar refractivity (Wildman–Crippen MR) is 74.2 cm³/mol. The average molecular weight is 258 g/mol. The van der Waals surface area contributed by atoms with Crippen molar-refractivity contribution in [2.75, 3.05) is 7.11 Å². The fourth-order valence-electron chi connectivity index (χ4n) is 2.63. The standard InChI is InChI=1S/C15H30O3/c1-10(2)8-13(9-11(3)4)15(17,12(5)6)14(16)18-7/h10-13,17H,8-9H2,1-7H3. The second kappa shape index (κ2) is 7.13. The summed E-state index contributed by atoms with van der Waals surface area (Å²) >= 11 is 0. The predicted octanol–water partition coefficient (Wildman–Crippen LogP) is 3.25. The normalized spacial score (nSPS) is 15.6. The minimum atomic E-state index is -1.37. The molecule has 0 heterocycles. The van der Waals surface area contributed by atoms with E-state index in [1.165, 1.54) is 7.11 Å². The van der Waals surface area contributed by atoms with Crippen molar-refractivity contribution in [1.82, 2.24) is 0 Å². The molecule has 1 N–H and O–H groups in total. The Labute approximate surface area is 112 Å². The average Bonchev–Trinajstić information content (AvgIpc) is 2.24. The highest BCUT2D eigenvalue weighted by atomic mass is 16.5. The first-order chi connectivity index (χ1) is 8.16. The molecule has 0 aromatic carbocycles. The van der Waals surface area contributed by atoms with E-state index in [2.05, 4.69) is 27.7 Å². The summed E-state index contributed by atoms with van der Waals surface area (Å²) in [5.74, 6) is 0.202. The van der Waals surface area contributed by atoms with Gasteiger partial charge in [-0.1, -0.05) is 41.5 Å². The molecule has 1 unspecified atom stereocenters. The van der Waals surface area contributed by atoms with E-state index in [-0.39, 0.29) is 11.8 Å². The van der Waals surface area contributed by atoms with Crippen LogP contribution in [0.3, 0.4) is 0 Å². The highest BCUT2D eigenvalue weighted by Crippen LogP contribution is 2.36. The number of rotatable bonds is 7. The zero-order valence-electron chi connectivity index (χ0n) is 13.0. The van der Waals surface area contributed by atoms with Gasteiger partial charge in [-0.2, -0.15) is 0 Å². The van der Waals surface area contributed by atoms with Crippen LogP contribution in [0.15, 0.2) is 0 Å². The lowest BCUT2D eigenvalue weighted by molar-refractivity contribution is -0.177. The maximum absolute atomic E-state index is 12.0. The number of hydrogen-bond donors (Lipinski definition) is 1. The third kappa shape index (κ3) is 4.27. The van der Waals surface area contributed by atoms with Crippen LogP contribution in [0.4, 0.5) is 0 Å². The summed E-state index contributed by atoms with van der Waals surface area (Å²) in [6.45, 7) is 12.2. The molecular formula is C15H30O3. The number of methoxy groups -OCH3 is 1. The van der Waals surface area contributed by atoms with E-state index < -0.39 is 11.6 Å². The van der Waals surface area contributed by atoms with Gasteiger partial charge in [-0.15, -0.1) is 0 Å². The van der Waals surface area contributed by atoms with Crippen LogP contribution >= 0.6 is 0 Å². The Morgan fingerprint density at radius 1 is 1.06 bits per heavy atom. The molecule has 0 fully saturated rings. The summed E-state index contributed by atoms with van der Waals surface area (Å²) in [7, 11) is 1.34. The van der Waals surface area contributed by atoms with Gasteiger partial charge in [0.2, 0.25) is 0 Å². The third-order valence-corrected chi connectivity index (χ3v) is 3.53. The summed E-state index contributed by atoms with van der Waals surface area (Å²) in [6.07, 6.45) is 1.67. The van der Waals surface area contributed by atoms with Gasteiger partial charge in [0.1, 0.15) is 0 Å². The Balaban J connectivity index is 5.26. The summed E-state index contributed by atoms with van der Waals surface area (Å²) in [6, 6.07) is 0. The second-order valence-electron chi connectivity index (χ2n) is 6.43. The minimum absolute atomic E-state index is 0.0510. The summed E-state index contributed by atoms with van der Waals surface area (Å²) in [5.41, 5.74) is -1.37. The number of esters is 1. The molecule has 0 amide bonds. The van der Waals surface area contributed by atoms with E-state index in [1.807, 2.05) is 13.8 Å². The number of carbonyl (C=O) groups excluding carboxylic acids is 1. The fraction of sp³-hybridized carbons (Fsp3) is 0.933. The van der Waals surface area contributed by atoms with Gasteiger partial charge in [0.15, 0.2) is 5.60 Å². The molecule has 0 saturated carbocycles. The number of carbonyl (C=O) groups is 1. The molecule has 0 rings (SSSR count). The van der Waals surface area contributed by atoms with Gasteiger partial charge in [0, 0.05) is 0 Å². The van der Waals surface area contributed by atoms with Crippen molar-refractivity contribution in [3.8, 4) is 0 Å². The Morgan fingerprint density at radius 3 is 1.67 bits per heavy atom. The van der Waals surface area contributed by atoms with Crippen molar-refractivity contribution in [3.05, 3.63) is 0 Å². The van der Waals surface area contributed by atoms with Gasteiger partial charge in [0.05, 0.1) is 7.11 Å². The molecule has 0 bridgehead atoms. The number of ether oxygens (including phenoxy) is 1. The molecule has 1 atom stereocenters. The van der Waals surface area contributed by atoms with E-state index in [0.29, 0.717) is 11.8 Å². The lowest BCUT2D eigenvalue weighted by Crippen LogP contribution is -2.51. The first kappa shape index (κ1) is 17.4. The Kier molecular flexibility index (Phi) is 6.90. The van der Waals surface area contributed by atoms with E-state index in [9.17, 15) is 9.90 Å². The molecular weight excluding hydrogens is 228 g/mol. The molecule has 0 aromatic rings. The number of aliphatic hydroxyl groups is 1. The molecule has 0 saturated heterocycles. The van der Waals surface area contributed by atoms with Crippen LogP contribution in [0.2, 0.25) is 0 Å². The maximum atomic E-state index is 12.0. The summed E-state index contributed by atoms with van der Waals surface area (Å²) in [4.78, 5) is 12.0. The van der Waals surface area contributed by atoms with Crippen LogP contribution in [-0.4, -0.2) is 23.8 Å². The van der Waals surface area contributed by atoms with Gasteiger partial charge >= 0.3 is 5.97 Å². The molecule has 0 aromatic heterocycles. The van der Waals surface area contributed by atoms with Crippen molar-refractivity contribution < 1.29 is 14.6 Å². The van der Waals surface area contributed by atoms with Gasteiger partial charge in [-0.05, 0) is 36.5 Å². The van der Waals surface area contributed by atoms with E-state index >= 15 is 0 Å². The van der Waals surface area contributed by atoms with Gasteiger partial charge < -0.3 is 9.84 Å². The zero-order chi connectivity index (χ0) is 14.5. The van der Waals surface area contributed by atoms with Crippen LogP contribution in [-0.2, 0) is 9.53 Å². The van der Waals surface area contributed by atoms with Crippen LogP contribution in [0.1, 0.15) is 54.4 Å². The van der Waals surface area contributed by atoms with Crippen molar-refractivity contribution in [3.63, 3.8) is 0 Å². The topological polar surface area (TPSA) is 46.5 Å². The van der Waals surface area contributed by atoms with E-state index in [4.69, 9.17) is 4.74 Å². The van der Waals surface area contributed by atoms with Crippen LogP contribution in [0.25, 0.3) is 0 Å². The smallest absolute Gasteiger partial charge is 0.338 e. The molecule has 0 aliphatic heterocycles. The lowest BCUT2D eigenvalue weighted by Gasteiger charge is -2.38. The van der Waals surface area contributed by atoms with E-state index in [1.54, 1.807) is 0 Å². The molecule has 0 radical (unpaired) electrons. The van der Waals surface area contributed by atoms with Gasteiger partial charge in [-0.25, -0.2) is 4.79 Å². The molecule has 0 aliphatic rings. The van der Waals surface area contributed by atoms with Crippen molar-refractivity contribution in [1.29, 1.82) is 0 Å². The third-order valence-electron chi connectivity index (χ3n) is 3.53. The Bertz CT molecular complexity index is 248. The van der Waals surface area contributed by atoms with Crippen LogP contribution in [0, 0.1) is 23.7 Å². The van der Waals surface area contributed by atoms with Crippen LogP contribution < -0.4 is 0 Å². The molecule has 108 valence electrons. The Hall–Kier alpha value is -0.570. The zero-order valence-corrected chi connectivity index (χ0v) is 13.0. The molecule has 3 heteroatoms. The van der Waals surface area contributed by atoms with E-state index in [0.717, 1.165) is 12.8 Å². The summed E-state index contributed by atoms with van der Waals surface area (Å²) < 4.78 is 4.83. The second-order valence-corrected chi connectivity index (χ2v) is 6.43. The minimum Gasteiger partial charge on any atom is -0.467 e. The van der Waals surface area contributed by atoms with Gasteiger partial charge in [-0.3, -0.25) is 0 Å². The first-order valence-electron chi connectivity index (χ1n) is 6.96. The van der Waals surface area contributed by atoms with Gasteiger partial charge in [0.25, 0.3) is 0 Å². The number of hydrogen-bond acceptors (Lipinski definition) is 3. The lowest BCUT2D eigenvalue weighted by atomic mass is 9.71. The molecule has 3 nitrogen and oxygen atoms in total. The maximum Gasteiger partial charge on any atom is 0.338 e. The van der Waals surface area contributed by atoms with Crippen molar-refractivity contribution in [2.24, 2.45) is 23.7 Å². The molecule has 0 aliphatic carbocycles. The quantitative estimate of drug-likeness (QED) is 0.713. The van der Waals surface area contributed by atoms with Crippen molar-refractivity contribution >= 4 is 5.97 Å². The highest BCUT2D eigenvalue weighted by Gasteiger charge is 2.47. The first-order valence-corrected chi connectivity index (χ1v) is 6.96. The summed E-state index contributed by atoms with van der Waals surface area (Å²) in [5, 5.41) is 10.8. The van der Waals surface area contributed by atoms with Crippen molar-refractivity contribution in [2.45, 2.75) is 60.0 Å². The monoisotopic (exact) mass is 258 g/mol. The largest absolute Gasteiger partial charge is 0.467 e. The molecule has 0 spiro atoms. The fourth-order valence-corrected chi connectivity index (χ4v) is 2.63. The van der Waals surface area contributed by atoms with Crippen LogP contribution in [0.5, 0.6) is 0 Å². The highest BCUT2D eigenvalue weighted by molar-refractivity contribution is 5.80. The SMILES string of the molecule is COC(=O)C(O)(C(C)C)C(CC(C)C)CC(C)C. The molecule has 18 heavy (non-hydrogen) atoms.